The van der Waals surface area contributed by atoms with E-state index in [9.17, 15) is 9.90 Å². The Morgan fingerprint density at radius 1 is 1.32 bits per heavy atom. The number of rotatable bonds is 4. The summed E-state index contributed by atoms with van der Waals surface area (Å²) in [6.07, 6.45) is 6.23. The zero-order valence-electron chi connectivity index (χ0n) is 19.3. The average Bonchev–Trinajstić information content (AvgIpc) is 3.38. The lowest BCUT2D eigenvalue weighted by Crippen LogP contribution is -2.40. The van der Waals surface area contributed by atoms with Crippen LogP contribution in [0.15, 0.2) is 24.5 Å². The molecular weight excluding hydrogens is 436 g/mol. The lowest BCUT2D eigenvalue weighted by atomic mass is 9.88. The fourth-order valence-electron chi connectivity index (χ4n) is 5.22. The third kappa shape index (κ3) is 3.55. The summed E-state index contributed by atoms with van der Waals surface area (Å²) in [5.41, 5.74) is 4.03. The van der Waals surface area contributed by atoms with Gasteiger partial charge in [-0.3, -0.25) is 4.79 Å². The zero-order chi connectivity index (χ0) is 23.4. The Morgan fingerprint density at radius 3 is 2.91 bits per heavy atom. The Balaban J connectivity index is 1.51. The summed E-state index contributed by atoms with van der Waals surface area (Å²) in [6.45, 7) is 3.18. The molecular formula is C25H28N4O5. The van der Waals surface area contributed by atoms with Crippen molar-refractivity contribution in [3.8, 4) is 17.0 Å². The number of hydrogen-bond acceptors (Lipinski definition) is 7. The Labute approximate surface area is 197 Å². The van der Waals surface area contributed by atoms with Crippen LogP contribution in [0.5, 0.6) is 5.75 Å². The van der Waals surface area contributed by atoms with Crippen LogP contribution < -0.4 is 10.1 Å². The minimum atomic E-state index is -0.561. The SMILES string of the molecule is CC(=O)Nc1cc2c(-c3cc(O[C@H]4C[C@H](O)C4)c4c(n3)C3(CCOC3)OCC4)cn(C)c2cn1. The first-order valence-corrected chi connectivity index (χ1v) is 11.8. The van der Waals surface area contributed by atoms with Crippen molar-refractivity contribution in [2.75, 3.05) is 25.1 Å². The van der Waals surface area contributed by atoms with Crippen LogP contribution in [0.25, 0.3) is 22.2 Å². The molecule has 34 heavy (non-hydrogen) atoms. The molecule has 6 rings (SSSR count). The van der Waals surface area contributed by atoms with Gasteiger partial charge in [0, 0.05) is 75.0 Å². The van der Waals surface area contributed by atoms with E-state index in [2.05, 4.69) is 10.3 Å². The van der Waals surface area contributed by atoms with E-state index >= 15 is 0 Å². The highest BCUT2D eigenvalue weighted by Crippen LogP contribution is 2.44. The molecule has 1 spiro atoms. The minimum absolute atomic E-state index is 0.00365. The largest absolute Gasteiger partial charge is 0.490 e. The van der Waals surface area contributed by atoms with Crippen molar-refractivity contribution < 1.29 is 24.1 Å². The highest BCUT2D eigenvalue weighted by atomic mass is 16.6. The second kappa shape index (κ2) is 8.04. The van der Waals surface area contributed by atoms with Crippen molar-refractivity contribution in [1.29, 1.82) is 0 Å². The standard InChI is InChI=1S/C25H28N4O5/c1-14(30)27-23-9-18-19(12-29(2)21(18)11-26-23)20-10-22(34-16-7-15(31)8-16)17-3-5-33-25(24(17)28-20)4-6-32-13-25/h9-12,15-16,31H,3-8,13H2,1-2H3,(H,26,27,30)/t15-,16-,25?. The monoisotopic (exact) mass is 464 g/mol. The van der Waals surface area contributed by atoms with Gasteiger partial charge < -0.3 is 29.2 Å². The van der Waals surface area contributed by atoms with Gasteiger partial charge in [0.15, 0.2) is 0 Å². The molecule has 0 bridgehead atoms. The van der Waals surface area contributed by atoms with Gasteiger partial charge in [0.2, 0.25) is 5.91 Å². The van der Waals surface area contributed by atoms with Crippen LogP contribution in [0, 0.1) is 0 Å². The van der Waals surface area contributed by atoms with Gasteiger partial charge in [-0.15, -0.1) is 0 Å². The van der Waals surface area contributed by atoms with Crippen LogP contribution in [-0.2, 0) is 33.3 Å². The Bertz CT molecular complexity index is 1270. The first kappa shape index (κ1) is 21.5. The Kier molecular flexibility index (Phi) is 5.09. The molecule has 1 aliphatic carbocycles. The molecule has 1 amide bonds. The molecule has 9 heteroatoms. The molecule has 1 unspecified atom stereocenters. The van der Waals surface area contributed by atoms with Crippen LogP contribution in [-0.4, -0.2) is 57.6 Å². The summed E-state index contributed by atoms with van der Waals surface area (Å²) in [5.74, 6) is 1.13. The van der Waals surface area contributed by atoms with E-state index in [0.29, 0.717) is 38.5 Å². The fourth-order valence-corrected chi connectivity index (χ4v) is 5.22. The van der Waals surface area contributed by atoms with Crippen LogP contribution in [0.3, 0.4) is 0 Å². The van der Waals surface area contributed by atoms with E-state index in [0.717, 1.165) is 52.0 Å². The number of aromatic nitrogens is 3. The van der Waals surface area contributed by atoms with E-state index < -0.39 is 5.60 Å². The van der Waals surface area contributed by atoms with Crippen molar-refractivity contribution in [3.63, 3.8) is 0 Å². The maximum Gasteiger partial charge on any atom is 0.222 e. The third-order valence-corrected chi connectivity index (χ3v) is 7.05. The number of fused-ring (bicyclic) bond motifs is 3. The number of nitrogens with one attached hydrogen (secondary N) is 1. The van der Waals surface area contributed by atoms with Gasteiger partial charge in [-0.2, -0.15) is 0 Å². The number of pyridine rings is 2. The molecule has 0 radical (unpaired) electrons. The van der Waals surface area contributed by atoms with Gasteiger partial charge in [0.25, 0.3) is 0 Å². The molecule has 3 aromatic rings. The second-order valence-electron chi connectivity index (χ2n) is 9.51. The molecule has 0 aromatic carbocycles. The third-order valence-electron chi connectivity index (χ3n) is 7.05. The summed E-state index contributed by atoms with van der Waals surface area (Å²) in [4.78, 5) is 21.1. The summed E-state index contributed by atoms with van der Waals surface area (Å²) < 4.78 is 20.4. The van der Waals surface area contributed by atoms with E-state index in [4.69, 9.17) is 19.2 Å². The van der Waals surface area contributed by atoms with Crippen molar-refractivity contribution in [3.05, 3.63) is 35.8 Å². The number of aliphatic hydroxyl groups is 1. The van der Waals surface area contributed by atoms with E-state index in [1.165, 1.54) is 6.92 Å². The summed E-state index contributed by atoms with van der Waals surface area (Å²) in [6, 6.07) is 3.88. The molecule has 1 saturated heterocycles. The number of hydrogen-bond donors (Lipinski definition) is 2. The van der Waals surface area contributed by atoms with Gasteiger partial charge in [-0.1, -0.05) is 0 Å². The molecule has 1 atom stereocenters. The molecule has 3 aromatic heterocycles. The van der Waals surface area contributed by atoms with Gasteiger partial charge in [-0.25, -0.2) is 9.97 Å². The quantitative estimate of drug-likeness (QED) is 0.611. The minimum Gasteiger partial charge on any atom is -0.490 e. The predicted molar refractivity (Wildman–Crippen MR) is 125 cm³/mol. The van der Waals surface area contributed by atoms with Crippen LogP contribution in [0.2, 0.25) is 0 Å². The molecule has 9 nitrogen and oxygen atoms in total. The van der Waals surface area contributed by atoms with Crippen LogP contribution >= 0.6 is 0 Å². The molecule has 5 heterocycles. The number of ether oxygens (including phenoxy) is 3. The zero-order valence-corrected chi connectivity index (χ0v) is 19.3. The van der Waals surface area contributed by atoms with Gasteiger partial charge >= 0.3 is 0 Å². The van der Waals surface area contributed by atoms with E-state index in [1.54, 1.807) is 6.20 Å². The van der Waals surface area contributed by atoms with Crippen LogP contribution in [0.1, 0.15) is 37.4 Å². The van der Waals surface area contributed by atoms with Crippen molar-refractivity contribution in [1.82, 2.24) is 14.5 Å². The number of aliphatic hydroxyl groups excluding tert-OH is 1. The lowest BCUT2D eigenvalue weighted by Gasteiger charge is -2.37. The van der Waals surface area contributed by atoms with Gasteiger partial charge in [-0.05, 0) is 6.07 Å². The number of carbonyl (C=O) groups excluding carboxylic acids is 1. The highest BCUT2D eigenvalue weighted by Gasteiger charge is 2.45. The lowest BCUT2D eigenvalue weighted by molar-refractivity contribution is -0.114. The van der Waals surface area contributed by atoms with Crippen molar-refractivity contribution in [2.45, 2.75) is 50.4 Å². The van der Waals surface area contributed by atoms with Gasteiger partial charge in [0.1, 0.15) is 23.3 Å². The molecule has 3 aliphatic rings. The highest BCUT2D eigenvalue weighted by molar-refractivity contribution is 5.98. The van der Waals surface area contributed by atoms with E-state index in [-0.39, 0.29) is 18.1 Å². The van der Waals surface area contributed by atoms with Gasteiger partial charge in [0.05, 0.1) is 42.4 Å². The first-order chi connectivity index (χ1) is 16.4. The second-order valence-corrected chi connectivity index (χ2v) is 9.51. The number of amides is 1. The van der Waals surface area contributed by atoms with E-state index in [1.807, 2.05) is 29.9 Å². The van der Waals surface area contributed by atoms with Crippen molar-refractivity contribution >= 4 is 22.6 Å². The smallest absolute Gasteiger partial charge is 0.222 e. The maximum absolute atomic E-state index is 11.6. The predicted octanol–water partition coefficient (Wildman–Crippen LogP) is 2.68. The number of carbonyl (C=O) groups is 1. The Hall–Kier alpha value is -3.01. The molecule has 1 saturated carbocycles. The number of aryl methyl sites for hydroxylation is 1. The number of nitrogens with zero attached hydrogens (tertiary/aromatic N) is 3. The number of anilines is 1. The normalized spacial score (nSPS) is 25.9. The molecule has 2 aliphatic heterocycles. The molecule has 2 fully saturated rings. The molecule has 178 valence electrons. The molecule has 2 N–H and O–H groups in total. The van der Waals surface area contributed by atoms with Crippen molar-refractivity contribution in [2.24, 2.45) is 7.05 Å². The fraction of sp³-hybridized carbons (Fsp3) is 0.480. The summed E-state index contributed by atoms with van der Waals surface area (Å²) in [7, 11) is 1.96. The Morgan fingerprint density at radius 2 is 2.18 bits per heavy atom. The van der Waals surface area contributed by atoms with Crippen LogP contribution in [0.4, 0.5) is 5.82 Å². The maximum atomic E-state index is 11.6. The average molecular weight is 465 g/mol. The summed E-state index contributed by atoms with van der Waals surface area (Å²) >= 11 is 0. The topological polar surface area (TPSA) is 108 Å². The summed E-state index contributed by atoms with van der Waals surface area (Å²) in [5, 5.41) is 13.5. The first-order valence-electron chi connectivity index (χ1n) is 11.8.